The van der Waals surface area contributed by atoms with Gasteiger partial charge in [-0.3, -0.25) is 9.59 Å². The van der Waals surface area contributed by atoms with Crippen LogP contribution in [0.25, 0.3) is 0 Å². The summed E-state index contributed by atoms with van der Waals surface area (Å²) in [6, 6.07) is 8.54. The maximum absolute atomic E-state index is 11.1. The second-order valence-electron chi connectivity index (χ2n) is 3.32. The summed E-state index contributed by atoms with van der Waals surface area (Å²) in [5.74, 6) is -1.10. The minimum atomic E-state index is -0.741. The van der Waals surface area contributed by atoms with Gasteiger partial charge in [-0.15, -0.1) is 0 Å². The number of benzene rings is 1. The fourth-order valence-electron chi connectivity index (χ4n) is 1.29. The molecular formula is C10H13BN3O2. The topological polar surface area (TPSA) is 98.2 Å². The fourth-order valence-corrected chi connectivity index (χ4v) is 1.29. The third kappa shape index (κ3) is 3.74. The van der Waals surface area contributed by atoms with Gasteiger partial charge >= 0.3 is 7.41 Å². The monoisotopic (exact) mass is 218 g/mol. The fraction of sp³-hybridized carbons (Fsp3) is 0.200. The Morgan fingerprint density at radius 1 is 1.31 bits per heavy atom. The van der Waals surface area contributed by atoms with Crippen molar-refractivity contribution in [1.29, 1.82) is 0 Å². The van der Waals surface area contributed by atoms with E-state index in [-0.39, 0.29) is 0 Å². The molecule has 6 heteroatoms. The predicted octanol–water partition coefficient (Wildman–Crippen LogP) is -0.630. The molecule has 0 fully saturated rings. The molecule has 83 valence electrons. The van der Waals surface area contributed by atoms with Crippen molar-refractivity contribution in [3.8, 4) is 0 Å². The summed E-state index contributed by atoms with van der Waals surface area (Å²) in [5, 5.41) is 2.42. The van der Waals surface area contributed by atoms with Gasteiger partial charge in [-0.1, -0.05) is 30.3 Å². The highest BCUT2D eigenvalue weighted by atomic mass is 16.2. The van der Waals surface area contributed by atoms with Gasteiger partial charge in [0, 0.05) is 6.42 Å². The number of rotatable bonds is 5. The van der Waals surface area contributed by atoms with Gasteiger partial charge in [-0.05, 0) is 5.56 Å². The Bertz CT molecular complexity index is 370. The molecule has 0 spiro atoms. The number of carbonyl (C=O) groups is 2. The molecule has 1 radical (unpaired) electrons. The number of primary amides is 1. The lowest BCUT2D eigenvalue weighted by Gasteiger charge is -2.14. The molecule has 1 rings (SSSR count). The Hall–Kier alpha value is -1.82. The molecule has 0 aliphatic carbocycles. The summed E-state index contributed by atoms with van der Waals surface area (Å²) in [6.07, 6.45) is 0.357. The molecule has 0 saturated heterocycles. The molecule has 1 aromatic rings. The van der Waals surface area contributed by atoms with E-state index in [1.807, 2.05) is 30.3 Å². The molecule has 0 saturated carbocycles. The normalized spacial score (nSPS) is 11.6. The molecule has 1 aromatic carbocycles. The Morgan fingerprint density at radius 2 is 1.94 bits per heavy atom. The van der Waals surface area contributed by atoms with Gasteiger partial charge in [0.1, 0.15) is 6.04 Å². The van der Waals surface area contributed by atoms with Crippen LogP contribution in [0.2, 0.25) is 0 Å². The van der Waals surface area contributed by atoms with Crippen LogP contribution in [0.1, 0.15) is 5.56 Å². The van der Waals surface area contributed by atoms with E-state index in [2.05, 4.69) is 5.32 Å². The maximum atomic E-state index is 11.1. The molecule has 0 aliphatic rings. The molecule has 1 atom stereocenters. The molecule has 0 aromatic heterocycles. The molecule has 16 heavy (non-hydrogen) atoms. The Labute approximate surface area is 94.5 Å². The molecule has 0 bridgehead atoms. The van der Waals surface area contributed by atoms with E-state index in [0.29, 0.717) is 6.42 Å². The van der Waals surface area contributed by atoms with Crippen molar-refractivity contribution in [1.82, 2.24) is 5.32 Å². The SMILES string of the molecule is N[B]C(=O)N[C@@H](Cc1ccccc1)C(N)=O. The molecule has 0 unspecified atom stereocenters. The van der Waals surface area contributed by atoms with Crippen molar-refractivity contribution in [2.24, 2.45) is 11.4 Å². The van der Waals surface area contributed by atoms with Crippen LogP contribution in [0.4, 0.5) is 4.79 Å². The van der Waals surface area contributed by atoms with E-state index in [9.17, 15) is 9.59 Å². The predicted molar refractivity (Wildman–Crippen MR) is 61.6 cm³/mol. The van der Waals surface area contributed by atoms with Crippen LogP contribution in [0, 0.1) is 0 Å². The first kappa shape index (κ1) is 12.3. The summed E-state index contributed by atoms with van der Waals surface area (Å²) >= 11 is 0. The van der Waals surface area contributed by atoms with Gasteiger partial charge in [-0.25, -0.2) is 0 Å². The van der Waals surface area contributed by atoms with Crippen molar-refractivity contribution in [2.45, 2.75) is 12.5 Å². The average Bonchev–Trinajstić information content (AvgIpc) is 2.29. The number of carbonyl (C=O) groups excluding carboxylic acids is 2. The highest BCUT2D eigenvalue weighted by Crippen LogP contribution is 2.02. The molecule has 5 N–H and O–H groups in total. The first-order valence-corrected chi connectivity index (χ1v) is 4.82. The summed E-state index contributed by atoms with van der Waals surface area (Å²) in [7, 11) is 0.862. The number of hydrogen-bond acceptors (Lipinski definition) is 3. The standard InChI is InChI=1S/C10H13BN3O2/c12-9(15)8(14-10(16)11-13)6-7-4-2-1-3-5-7/h1-5,8H,6,13H2,(H2,12,15)(H,14,16)/t8-/m0/s1. The zero-order valence-electron chi connectivity index (χ0n) is 8.72. The van der Waals surface area contributed by atoms with E-state index < -0.39 is 17.8 Å². The lowest BCUT2D eigenvalue weighted by Crippen LogP contribution is -2.48. The van der Waals surface area contributed by atoms with Gasteiger partial charge in [0.25, 0.3) is 0 Å². The van der Waals surface area contributed by atoms with Gasteiger partial charge < -0.3 is 16.7 Å². The van der Waals surface area contributed by atoms with Crippen molar-refractivity contribution < 1.29 is 9.59 Å². The summed E-state index contributed by atoms with van der Waals surface area (Å²) in [4.78, 5) is 22.1. The van der Waals surface area contributed by atoms with Crippen LogP contribution in [0.15, 0.2) is 30.3 Å². The van der Waals surface area contributed by atoms with E-state index in [1.165, 1.54) is 0 Å². The van der Waals surface area contributed by atoms with E-state index >= 15 is 0 Å². The number of nitrogens with two attached hydrogens (primary N) is 2. The van der Waals surface area contributed by atoms with Gasteiger partial charge in [-0.2, -0.15) is 0 Å². The lowest BCUT2D eigenvalue weighted by molar-refractivity contribution is -0.119. The minimum Gasteiger partial charge on any atom is -0.368 e. The van der Waals surface area contributed by atoms with Crippen molar-refractivity contribution in [3.63, 3.8) is 0 Å². The van der Waals surface area contributed by atoms with Gasteiger partial charge in [0.2, 0.25) is 5.91 Å². The van der Waals surface area contributed by atoms with Crippen molar-refractivity contribution >= 4 is 19.1 Å². The maximum Gasteiger partial charge on any atom is 0.323 e. The van der Waals surface area contributed by atoms with Gasteiger partial charge in [0.15, 0.2) is 5.81 Å². The molecular weight excluding hydrogens is 205 g/mol. The van der Waals surface area contributed by atoms with Crippen LogP contribution in [0.5, 0.6) is 0 Å². The van der Waals surface area contributed by atoms with Crippen molar-refractivity contribution in [3.05, 3.63) is 35.9 Å². The zero-order valence-corrected chi connectivity index (χ0v) is 8.72. The molecule has 0 aliphatic heterocycles. The lowest BCUT2D eigenvalue weighted by atomic mass is 9.94. The van der Waals surface area contributed by atoms with Crippen molar-refractivity contribution in [2.75, 3.05) is 0 Å². The minimum absolute atomic E-state index is 0.357. The Kier molecular flexibility index (Phi) is 4.53. The second kappa shape index (κ2) is 5.92. The smallest absolute Gasteiger partial charge is 0.323 e. The Balaban J connectivity index is 2.65. The van der Waals surface area contributed by atoms with E-state index in [4.69, 9.17) is 11.4 Å². The average molecular weight is 218 g/mol. The molecule has 2 amide bonds. The third-order valence-electron chi connectivity index (χ3n) is 2.09. The summed E-state index contributed by atoms with van der Waals surface area (Å²) in [6.45, 7) is 0. The Morgan fingerprint density at radius 3 is 2.44 bits per heavy atom. The highest BCUT2D eigenvalue weighted by molar-refractivity contribution is 6.70. The van der Waals surface area contributed by atoms with Crippen LogP contribution in [-0.2, 0) is 11.2 Å². The van der Waals surface area contributed by atoms with Crippen LogP contribution in [-0.4, -0.2) is 25.2 Å². The quantitative estimate of drug-likeness (QED) is 0.574. The molecule has 0 heterocycles. The summed E-state index contributed by atoms with van der Waals surface area (Å²) in [5.41, 5.74) is 11.1. The second-order valence-corrected chi connectivity index (χ2v) is 3.32. The van der Waals surface area contributed by atoms with E-state index in [0.717, 1.165) is 13.0 Å². The van der Waals surface area contributed by atoms with Crippen LogP contribution >= 0.6 is 0 Å². The number of amides is 2. The largest absolute Gasteiger partial charge is 0.368 e. The molecule has 5 nitrogen and oxygen atoms in total. The number of nitrogens with one attached hydrogen (secondary N) is 1. The van der Waals surface area contributed by atoms with Crippen LogP contribution in [0.3, 0.4) is 0 Å². The third-order valence-corrected chi connectivity index (χ3v) is 2.09. The summed E-state index contributed by atoms with van der Waals surface area (Å²) < 4.78 is 0. The zero-order chi connectivity index (χ0) is 12.0. The first-order chi connectivity index (χ1) is 7.63. The van der Waals surface area contributed by atoms with Crippen LogP contribution < -0.4 is 16.7 Å². The van der Waals surface area contributed by atoms with Gasteiger partial charge in [0.05, 0.1) is 0 Å². The first-order valence-electron chi connectivity index (χ1n) is 4.82. The highest BCUT2D eigenvalue weighted by Gasteiger charge is 2.17. The van der Waals surface area contributed by atoms with E-state index in [1.54, 1.807) is 0 Å². The number of hydrogen-bond donors (Lipinski definition) is 3.